The van der Waals surface area contributed by atoms with Crippen LogP contribution in [0.2, 0.25) is 0 Å². The van der Waals surface area contributed by atoms with E-state index in [0.29, 0.717) is 54.9 Å². The minimum absolute atomic E-state index is 0.189. The minimum atomic E-state index is -0.919. The van der Waals surface area contributed by atoms with Crippen LogP contribution in [0.4, 0.5) is 5.69 Å². The Labute approximate surface area is 188 Å². The molecule has 0 radical (unpaired) electrons. The Morgan fingerprint density at radius 3 is 2.16 bits per heavy atom. The summed E-state index contributed by atoms with van der Waals surface area (Å²) in [7, 11) is 0. The standard InChI is InChI=1S/C25H41NO5/c1-8-11-14-30-22-13-12-20(15-21(22)23(27)29-9-2)26-24(28)25(31-10-3,16-18(4)5)17-19(6)7/h12-13,15,18-19H,8-11,14,16-17H2,1-7H3,(H,26,28). The number of hydrogen-bond donors (Lipinski definition) is 1. The van der Waals surface area contributed by atoms with Crippen molar-refractivity contribution in [2.75, 3.05) is 25.1 Å². The second-order valence-electron chi connectivity index (χ2n) is 8.71. The van der Waals surface area contributed by atoms with Crippen molar-refractivity contribution in [2.45, 2.75) is 79.8 Å². The maximum Gasteiger partial charge on any atom is 0.341 e. The van der Waals surface area contributed by atoms with E-state index >= 15 is 0 Å². The van der Waals surface area contributed by atoms with Crippen LogP contribution < -0.4 is 10.1 Å². The van der Waals surface area contributed by atoms with Gasteiger partial charge < -0.3 is 19.5 Å². The monoisotopic (exact) mass is 435 g/mol. The van der Waals surface area contributed by atoms with Crippen LogP contribution >= 0.6 is 0 Å². The molecule has 0 unspecified atom stereocenters. The zero-order valence-corrected chi connectivity index (χ0v) is 20.4. The first-order valence-corrected chi connectivity index (χ1v) is 11.6. The summed E-state index contributed by atoms with van der Waals surface area (Å²) in [5.74, 6) is 0.392. The first kappa shape index (κ1) is 27.0. The maximum absolute atomic E-state index is 13.4. The predicted octanol–water partition coefficient (Wildman–Crippen LogP) is 5.85. The summed E-state index contributed by atoms with van der Waals surface area (Å²) in [5.41, 5.74) is -0.0877. The quantitative estimate of drug-likeness (QED) is 0.293. The normalized spacial score (nSPS) is 11.6. The van der Waals surface area contributed by atoms with Crippen molar-refractivity contribution in [3.8, 4) is 5.75 Å². The molecule has 0 aromatic heterocycles. The van der Waals surface area contributed by atoms with Gasteiger partial charge in [-0.3, -0.25) is 4.79 Å². The molecular formula is C25H41NO5. The van der Waals surface area contributed by atoms with Crippen molar-refractivity contribution >= 4 is 17.6 Å². The maximum atomic E-state index is 13.4. The zero-order chi connectivity index (χ0) is 23.4. The minimum Gasteiger partial charge on any atom is -0.493 e. The summed E-state index contributed by atoms with van der Waals surface area (Å²) in [6.45, 7) is 15.3. The number of carbonyl (C=O) groups excluding carboxylic acids is 2. The Morgan fingerprint density at radius 2 is 1.65 bits per heavy atom. The molecule has 31 heavy (non-hydrogen) atoms. The summed E-state index contributed by atoms with van der Waals surface area (Å²) in [5, 5.41) is 2.98. The van der Waals surface area contributed by atoms with Crippen molar-refractivity contribution in [1.82, 2.24) is 0 Å². The lowest BCUT2D eigenvalue weighted by Crippen LogP contribution is -2.47. The number of esters is 1. The second-order valence-corrected chi connectivity index (χ2v) is 8.71. The van der Waals surface area contributed by atoms with Gasteiger partial charge in [-0.15, -0.1) is 0 Å². The molecule has 0 aliphatic rings. The molecule has 0 aliphatic heterocycles. The third-order valence-corrected chi connectivity index (χ3v) is 4.80. The molecule has 6 heteroatoms. The highest BCUT2D eigenvalue weighted by Gasteiger charge is 2.40. The number of unbranched alkanes of at least 4 members (excludes halogenated alkanes) is 1. The van der Waals surface area contributed by atoms with Gasteiger partial charge in [0.15, 0.2) is 0 Å². The van der Waals surface area contributed by atoms with Gasteiger partial charge in [0, 0.05) is 12.3 Å². The van der Waals surface area contributed by atoms with Gasteiger partial charge in [0.25, 0.3) is 5.91 Å². The van der Waals surface area contributed by atoms with Gasteiger partial charge in [0.1, 0.15) is 16.9 Å². The predicted molar refractivity (Wildman–Crippen MR) is 125 cm³/mol. The highest BCUT2D eigenvalue weighted by Crippen LogP contribution is 2.32. The molecule has 1 aromatic rings. The molecule has 0 spiro atoms. The average Bonchev–Trinajstić information content (AvgIpc) is 2.68. The van der Waals surface area contributed by atoms with Gasteiger partial charge in [0.2, 0.25) is 0 Å². The van der Waals surface area contributed by atoms with Gasteiger partial charge >= 0.3 is 5.97 Å². The number of carbonyl (C=O) groups is 2. The molecular weight excluding hydrogens is 394 g/mol. The van der Waals surface area contributed by atoms with Gasteiger partial charge in [0.05, 0.1) is 13.2 Å². The van der Waals surface area contributed by atoms with Gasteiger partial charge in [-0.25, -0.2) is 4.79 Å². The van der Waals surface area contributed by atoms with Gasteiger partial charge in [-0.05, 0) is 63.1 Å². The van der Waals surface area contributed by atoms with E-state index < -0.39 is 11.6 Å². The Hall–Kier alpha value is -2.08. The Morgan fingerprint density at radius 1 is 1.00 bits per heavy atom. The van der Waals surface area contributed by atoms with Crippen LogP contribution in [0.5, 0.6) is 5.75 Å². The lowest BCUT2D eigenvalue weighted by Gasteiger charge is -2.35. The first-order valence-electron chi connectivity index (χ1n) is 11.6. The Kier molecular flexibility index (Phi) is 11.6. The van der Waals surface area contributed by atoms with Crippen LogP contribution in [-0.4, -0.2) is 37.3 Å². The molecule has 1 aromatic carbocycles. The summed E-state index contributed by atoms with van der Waals surface area (Å²) in [6, 6.07) is 5.09. The summed E-state index contributed by atoms with van der Waals surface area (Å²) >= 11 is 0. The molecule has 1 rings (SSSR count). The average molecular weight is 436 g/mol. The highest BCUT2D eigenvalue weighted by atomic mass is 16.5. The molecule has 6 nitrogen and oxygen atoms in total. The molecule has 1 N–H and O–H groups in total. The fourth-order valence-electron chi connectivity index (χ4n) is 3.72. The fraction of sp³-hybridized carbons (Fsp3) is 0.680. The number of benzene rings is 1. The third kappa shape index (κ3) is 8.52. The largest absolute Gasteiger partial charge is 0.493 e. The van der Waals surface area contributed by atoms with Crippen LogP contribution in [0.25, 0.3) is 0 Å². The van der Waals surface area contributed by atoms with E-state index in [-0.39, 0.29) is 12.5 Å². The van der Waals surface area contributed by atoms with Crippen molar-refractivity contribution in [3.63, 3.8) is 0 Å². The Balaban J connectivity index is 3.22. The van der Waals surface area contributed by atoms with E-state index in [9.17, 15) is 9.59 Å². The molecule has 0 saturated heterocycles. The SMILES string of the molecule is CCCCOc1ccc(NC(=O)C(CC(C)C)(CC(C)C)OCC)cc1C(=O)OCC. The second kappa shape index (κ2) is 13.4. The molecule has 0 saturated carbocycles. The Bertz CT molecular complexity index is 689. The molecule has 0 fully saturated rings. The van der Waals surface area contributed by atoms with Gasteiger partial charge in [-0.1, -0.05) is 41.0 Å². The smallest absolute Gasteiger partial charge is 0.341 e. The number of anilines is 1. The fourth-order valence-corrected chi connectivity index (χ4v) is 3.72. The summed E-state index contributed by atoms with van der Waals surface area (Å²) < 4.78 is 17.0. The van der Waals surface area contributed by atoms with Crippen LogP contribution in [0.3, 0.4) is 0 Å². The molecule has 176 valence electrons. The number of hydrogen-bond acceptors (Lipinski definition) is 5. The first-order chi connectivity index (χ1) is 14.7. The number of amides is 1. The van der Waals surface area contributed by atoms with Crippen molar-refractivity contribution in [2.24, 2.45) is 11.8 Å². The van der Waals surface area contributed by atoms with Crippen molar-refractivity contribution in [3.05, 3.63) is 23.8 Å². The van der Waals surface area contributed by atoms with Crippen molar-refractivity contribution < 1.29 is 23.8 Å². The summed E-state index contributed by atoms with van der Waals surface area (Å²) in [4.78, 5) is 25.9. The van der Waals surface area contributed by atoms with E-state index in [1.807, 2.05) is 6.92 Å². The lowest BCUT2D eigenvalue weighted by atomic mass is 9.83. The lowest BCUT2D eigenvalue weighted by molar-refractivity contribution is -0.146. The molecule has 0 atom stereocenters. The number of rotatable bonds is 14. The van der Waals surface area contributed by atoms with Crippen molar-refractivity contribution in [1.29, 1.82) is 0 Å². The van der Waals surface area contributed by atoms with E-state index in [4.69, 9.17) is 14.2 Å². The van der Waals surface area contributed by atoms with E-state index in [2.05, 4.69) is 39.9 Å². The number of nitrogens with one attached hydrogen (secondary N) is 1. The molecule has 0 aliphatic carbocycles. The topological polar surface area (TPSA) is 73.9 Å². The molecule has 1 amide bonds. The van der Waals surface area contributed by atoms with E-state index in [0.717, 1.165) is 12.8 Å². The van der Waals surface area contributed by atoms with E-state index in [1.165, 1.54) is 0 Å². The van der Waals surface area contributed by atoms with Crippen LogP contribution in [0.1, 0.15) is 84.5 Å². The number of ether oxygens (including phenoxy) is 3. The van der Waals surface area contributed by atoms with Crippen LogP contribution in [0, 0.1) is 11.8 Å². The van der Waals surface area contributed by atoms with E-state index in [1.54, 1.807) is 25.1 Å². The zero-order valence-electron chi connectivity index (χ0n) is 20.4. The summed E-state index contributed by atoms with van der Waals surface area (Å²) in [6.07, 6.45) is 3.12. The van der Waals surface area contributed by atoms with Crippen LogP contribution in [-0.2, 0) is 14.3 Å². The van der Waals surface area contributed by atoms with Crippen LogP contribution in [0.15, 0.2) is 18.2 Å². The molecule has 0 heterocycles. The van der Waals surface area contributed by atoms with Gasteiger partial charge in [-0.2, -0.15) is 0 Å². The molecule has 0 bridgehead atoms. The third-order valence-electron chi connectivity index (χ3n) is 4.80. The highest BCUT2D eigenvalue weighted by molar-refractivity contribution is 5.99.